The SMILES string of the molecule is CCn1c(Cn2ccnc2)nnc1C1CCN(C(=O)CSC)CC1. The lowest BCUT2D eigenvalue weighted by Crippen LogP contribution is -2.39. The van der Waals surface area contributed by atoms with Gasteiger partial charge < -0.3 is 14.0 Å². The number of hydrogen-bond acceptors (Lipinski definition) is 5. The molecule has 1 saturated heterocycles. The molecular weight excluding hydrogens is 324 g/mol. The lowest BCUT2D eigenvalue weighted by Gasteiger charge is -2.31. The van der Waals surface area contributed by atoms with Crippen molar-refractivity contribution in [3.63, 3.8) is 0 Å². The molecule has 130 valence electrons. The fraction of sp³-hybridized carbons (Fsp3) is 0.625. The number of aromatic nitrogens is 5. The van der Waals surface area contributed by atoms with Crippen molar-refractivity contribution in [2.75, 3.05) is 25.1 Å². The summed E-state index contributed by atoms with van der Waals surface area (Å²) in [6, 6.07) is 0. The Balaban J connectivity index is 1.67. The van der Waals surface area contributed by atoms with Crippen LogP contribution >= 0.6 is 11.8 Å². The minimum Gasteiger partial charge on any atom is -0.342 e. The van der Waals surface area contributed by atoms with E-state index in [2.05, 4.69) is 26.7 Å². The lowest BCUT2D eigenvalue weighted by molar-refractivity contribution is -0.129. The molecule has 1 amide bonds. The van der Waals surface area contributed by atoms with E-state index >= 15 is 0 Å². The number of imidazole rings is 1. The Morgan fingerprint density at radius 3 is 2.75 bits per heavy atom. The second-order valence-electron chi connectivity index (χ2n) is 6.04. The van der Waals surface area contributed by atoms with Crippen LogP contribution < -0.4 is 0 Å². The van der Waals surface area contributed by atoms with Gasteiger partial charge in [0.15, 0.2) is 5.82 Å². The van der Waals surface area contributed by atoms with Gasteiger partial charge in [0.2, 0.25) is 5.91 Å². The van der Waals surface area contributed by atoms with Crippen molar-refractivity contribution in [2.45, 2.75) is 38.8 Å². The van der Waals surface area contributed by atoms with Gasteiger partial charge in [-0.1, -0.05) is 0 Å². The molecule has 0 N–H and O–H groups in total. The summed E-state index contributed by atoms with van der Waals surface area (Å²) < 4.78 is 4.22. The summed E-state index contributed by atoms with van der Waals surface area (Å²) in [6.45, 7) is 5.31. The smallest absolute Gasteiger partial charge is 0.232 e. The second-order valence-corrected chi connectivity index (χ2v) is 6.91. The van der Waals surface area contributed by atoms with Crippen molar-refractivity contribution in [3.05, 3.63) is 30.4 Å². The van der Waals surface area contributed by atoms with Crippen LogP contribution in [0.5, 0.6) is 0 Å². The first-order valence-electron chi connectivity index (χ1n) is 8.37. The maximum absolute atomic E-state index is 12.0. The number of hydrogen-bond donors (Lipinski definition) is 0. The summed E-state index contributed by atoms with van der Waals surface area (Å²) in [5.41, 5.74) is 0. The van der Waals surface area contributed by atoms with Crippen molar-refractivity contribution < 1.29 is 4.79 Å². The van der Waals surface area contributed by atoms with E-state index in [1.807, 2.05) is 21.9 Å². The molecule has 3 rings (SSSR count). The van der Waals surface area contributed by atoms with Crippen molar-refractivity contribution in [3.8, 4) is 0 Å². The van der Waals surface area contributed by atoms with E-state index in [0.29, 0.717) is 18.2 Å². The zero-order valence-electron chi connectivity index (χ0n) is 14.3. The van der Waals surface area contributed by atoms with Gasteiger partial charge in [-0.15, -0.1) is 10.2 Å². The Kier molecular flexibility index (Phi) is 5.55. The normalized spacial score (nSPS) is 15.8. The highest BCUT2D eigenvalue weighted by Gasteiger charge is 2.27. The summed E-state index contributed by atoms with van der Waals surface area (Å²) in [5.74, 6) is 3.23. The standard InChI is InChI=1S/C16H24N6OS/c1-3-22-14(10-20-9-6-17-12-20)18-19-16(22)13-4-7-21(8-5-13)15(23)11-24-2/h6,9,12-13H,3-5,7-8,10-11H2,1-2H3. The minimum atomic E-state index is 0.249. The number of piperidine rings is 1. The molecule has 24 heavy (non-hydrogen) atoms. The predicted octanol–water partition coefficient (Wildman–Crippen LogP) is 1.61. The van der Waals surface area contributed by atoms with Crippen molar-refractivity contribution in [2.24, 2.45) is 0 Å². The molecule has 2 aromatic rings. The van der Waals surface area contributed by atoms with Gasteiger partial charge >= 0.3 is 0 Å². The summed E-state index contributed by atoms with van der Waals surface area (Å²) >= 11 is 1.59. The lowest BCUT2D eigenvalue weighted by atomic mass is 9.96. The maximum Gasteiger partial charge on any atom is 0.232 e. The highest BCUT2D eigenvalue weighted by Crippen LogP contribution is 2.27. The third-order valence-electron chi connectivity index (χ3n) is 4.54. The predicted molar refractivity (Wildman–Crippen MR) is 94.0 cm³/mol. The van der Waals surface area contributed by atoms with Gasteiger partial charge in [-0.3, -0.25) is 4.79 Å². The molecule has 0 aliphatic carbocycles. The molecule has 2 aromatic heterocycles. The first-order chi connectivity index (χ1) is 11.7. The van der Waals surface area contributed by atoms with Crippen LogP contribution in [0.1, 0.15) is 37.3 Å². The van der Waals surface area contributed by atoms with Crippen molar-refractivity contribution in [1.29, 1.82) is 0 Å². The number of likely N-dealkylation sites (tertiary alicyclic amines) is 1. The third kappa shape index (κ3) is 3.63. The highest BCUT2D eigenvalue weighted by atomic mass is 32.2. The van der Waals surface area contributed by atoms with E-state index < -0.39 is 0 Å². The molecule has 0 saturated carbocycles. The number of amides is 1. The van der Waals surface area contributed by atoms with Gasteiger partial charge in [-0.2, -0.15) is 11.8 Å². The molecule has 0 unspecified atom stereocenters. The zero-order valence-corrected chi connectivity index (χ0v) is 15.1. The van der Waals surface area contributed by atoms with Crippen LogP contribution in [-0.4, -0.2) is 60.2 Å². The first-order valence-corrected chi connectivity index (χ1v) is 9.76. The van der Waals surface area contributed by atoms with E-state index in [0.717, 1.165) is 44.1 Å². The van der Waals surface area contributed by atoms with Gasteiger partial charge in [-0.25, -0.2) is 4.98 Å². The molecule has 0 atom stereocenters. The van der Waals surface area contributed by atoms with Gasteiger partial charge in [-0.05, 0) is 26.0 Å². The third-order valence-corrected chi connectivity index (χ3v) is 5.07. The number of thioether (sulfide) groups is 1. The molecule has 8 heteroatoms. The average molecular weight is 348 g/mol. The number of carbonyl (C=O) groups excluding carboxylic acids is 1. The van der Waals surface area contributed by atoms with Crippen LogP contribution in [0.25, 0.3) is 0 Å². The molecule has 7 nitrogen and oxygen atoms in total. The topological polar surface area (TPSA) is 68.8 Å². The van der Waals surface area contributed by atoms with Crippen LogP contribution in [0.15, 0.2) is 18.7 Å². The fourth-order valence-corrected chi connectivity index (χ4v) is 3.69. The van der Waals surface area contributed by atoms with Crippen LogP contribution in [0.4, 0.5) is 0 Å². The Morgan fingerprint density at radius 2 is 2.12 bits per heavy atom. The van der Waals surface area contributed by atoms with Crippen molar-refractivity contribution in [1.82, 2.24) is 29.2 Å². The van der Waals surface area contributed by atoms with Gasteiger partial charge in [0.25, 0.3) is 0 Å². The molecule has 0 spiro atoms. The second kappa shape index (κ2) is 7.83. The van der Waals surface area contributed by atoms with Gasteiger partial charge in [0, 0.05) is 37.9 Å². The van der Waals surface area contributed by atoms with Gasteiger partial charge in [0.1, 0.15) is 5.82 Å². The quantitative estimate of drug-likeness (QED) is 0.793. The molecule has 0 aromatic carbocycles. The molecule has 1 fully saturated rings. The van der Waals surface area contributed by atoms with Crippen LogP contribution in [0, 0.1) is 0 Å². The molecule has 3 heterocycles. The first kappa shape index (κ1) is 17.0. The largest absolute Gasteiger partial charge is 0.342 e. The maximum atomic E-state index is 12.0. The summed E-state index contributed by atoms with van der Waals surface area (Å²) in [6.07, 6.45) is 9.39. The molecule has 1 aliphatic rings. The minimum absolute atomic E-state index is 0.249. The van der Waals surface area contributed by atoms with E-state index in [4.69, 9.17) is 0 Å². The van der Waals surface area contributed by atoms with E-state index in [1.165, 1.54) is 0 Å². The van der Waals surface area contributed by atoms with Crippen LogP contribution in [0.3, 0.4) is 0 Å². The number of carbonyl (C=O) groups is 1. The molecule has 0 radical (unpaired) electrons. The van der Waals surface area contributed by atoms with Crippen molar-refractivity contribution >= 4 is 17.7 Å². The zero-order chi connectivity index (χ0) is 16.9. The molecular formula is C16H24N6OS. The van der Waals surface area contributed by atoms with E-state index in [-0.39, 0.29) is 5.91 Å². The Morgan fingerprint density at radius 1 is 1.33 bits per heavy atom. The molecule has 0 bridgehead atoms. The number of nitrogens with zero attached hydrogens (tertiary/aromatic N) is 6. The number of rotatable bonds is 6. The summed E-state index contributed by atoms with van der Waals surface area (Å²) in [4.78, 5) is 18.1. The van der Waals surface area contributed by atoms with E-state index in [1.54, 1.807) is 24.3 Å². The van der Waals surface area contributed by atoms with Crippen LogP contribution in [-0.2, 0) is 17.9 Å². The Labute approximate surface area is 146 Å². The molecule has 1 aliphatic heterocycles. The van der Waals surface area contributed by atoms with Gasteiger partial charge in [0.05, 0.1) is 18.6 Å². The Bertz CT molecular complexity index is 660. The Hall–Kier alpha value is -1.83. The van der Waals surface area contributed by atoms with Crippen LogP contribution in [0.2, 0.25) is 0 Å². The fourth-order valence-electron chi connectivity index (χ4n) is 3.26. The van der Waals surface area contributed by atoms with E-state index in [9.17, 15) is 4.79 Å². The highest BCUT2D eigenvalue weighted by molar-refractivity contribution is 7.99. The average Bonchev–Trinajstić information content (AvgIpc) is 3.25. The monoisotopic (exact) mass is 348 g/mol. The summed E-state index contributed by atoms with van der Waals surface area (Å²) in [5, 5.41) is 8.87. The summed E-state index contributed by atoms with van der Waals surface area (Å²) in [7, 11) is 0.